The van der Waals surface area contributed by atoms with Crippen LogP contribution in [-0.4, -0.2) is 21.9 Å². The molecule has 2 aromatic rings. The molecule has 1 aliphatic carbocycles. The van der Waals surface area contributed by atoms with E-state index in [1.807, 2.05) is 6.07 Å². The van der Waals surface area contributed by atoms with Crippen molar-refractivity contribution in [3.63, 3.8) is 0 Å². The molecule has 0 aromatic carbocycles. The first-order valence-corrected chi connectivity index (χ1v) is 9.88. The van der Waals surface area contributed by atoms with Crippen molar-refractivity contribution in [3.05, 3.63) is 22.0 Å². The molecule has 0 spiro atoms. The number of hydrogen-bond acceptors (Lipinski definition) is 3. The van der Waals surface area contributed by atoms with Crippen molar-refractivity contribution in [1.82, 2.24) is 9.78 Å². The third-order valence-electron chi connectivity index (χ3n) is 5.03. The zero-order chi connectivity index (χ0) is 20.0. The summed E-state index contributed by atoms with van der Waals surface area (Å²) in [7, 11) is 1.69. The van der Waals surface area contributed by atoms with Gasteiger partial charge in [0.05, 0.1) is 14.6 Å². The maximum absolute atomic E-state index is 13.1. The topological polar surface area (TPSA) is 46.9 Å². The highest BCUT2D eigenvalue weighted by Gasteiger charge is 2.48. The zero-order valence-electron chi connectivity index (χ0n) is 15.3. The number of aromatic nitrogens is 2. The summed E-state index contributed by atoms with van der Waals surface area (Å²) in [6.45, 7) is 2.06. The van der Waals surface area contributed by atoms with Crippen LogP contribution in [0.5, 0.6) is 0 Å². The minimum Gasteiger partial charge on any atom is -0.311 e. The molecule has 0 atom stereocenters. The second kappa shape index (κ2) is 7.13. The monoisotopic (exact) mass is 419 g/mol. The molecular formula is C18H21ClF3N3OS. The van der Waals surface area contributed by atoms with Crippen LogP contribution >= 0.6 is 22.9 Å². The van der Waals surface area contributed by atoms with Gasteiger partial charge in [-0.1, -0.05) is 31.9 Å². The van der Waals surface area contributed by atoms with Crippen LogP contribution in [0.1, 0.15) is 51.0 Å². The fourth-order valence-corrected chi connectivity index (χ4v) is 4.12. The van der Waals surface area contributed by atoms with E-state index in [-0.39, 0.29) is 5.92 Å². The van der Waals surface area contributed by atoms with Crippen LogP contribution in [0.15, 0.2) is 12.1 Å². The van der Waals surface area contributed by atoms with Gasteiger partial charge in [0.25, 0.3) is 0 Å². The molecule has 0 bridgehead atoms. The maximum Gasteiger partial charge on any atom is 0.394 e. The van der Waals surface area contributed by atoms with Crippen LogP contribution in [0.3, 0.4) is 0 Å². The summed E-state index contributed by atoms with van der Waals surface area (Å²) < 4.78 is 41.5. The number of carbonyl (C=O) groups excluding carboxylic acids is 1. The van der Waals surface area contributed by atoms with E-state index < -0.39 is 23.9 Å². The molecule has 2 aromatic heterocycles. The average molecular weight is 420 g/mol. The van der Waals surface area contributed by atoms with E-state index in [1.54, 1.807) is 13.1 Å². The minimum absolute atomic E-state index is 0.237. The molecule has 0 unspecified atom stereocenters. The Balaban J connectivity index is 1.91. The first kappa shape index (κ1) is 20.2. The molecule has 0 aliphatic heterocycles. The van der Waals surface area contributed by atoms with Gasteiger partial charge in [0.2, 0.25) is 5.91 Å². The van der Waals surface area contributed by atoms with E-state index in [1.165, 1.54) is 16.0 Å². The summed E-state index contributed by atoms with van der Waals surface area (Å²) in [6.07, 6.45) is -2.08. The number of thiophene rings is 1. The molecule has 9 heteroatoms. The van der Waals surface area contributed by atoms with Gasteiger partial charge < -0.3 is 5.32 Å². The van der Waals surface area contributed by atoms with Crippen LogP contribution in [0.2, 0.25) is 4.34 Å². The summed E-state index contributed by atoms with van der Waals surface area (Å²) in [6, 6.07) is 3.65. The van der Waals surface area contributed by atoms with Crippen molar-refractivity contribution in [2.75, 3.05) is 5.32 Å². The van der Waals surface area contributed by atoms with E-state index in [2.05, 4.69) is 10.4 Å². The number of alkyl halides is 3. The Labute approximate surface area is 164 Å². The Hall–Kier alpha value is -1.54. The molecule has 0 saturated heterocycles. The molecule has 4 nitrogen and oxygen atoms in total. The van der Waals surface area contributed by atoms with Crippen molar-refractivity contribution in [2.45, 2.75) is 51.6 Å². The quantitative estimate of drug-likeness (QED) is 0.647. The lowest BCUT2D eigenvalue weighted by atomic mass is 9.79. The molecule has 1 aliphatic rings. The highest BCUT2D eigenvalue weighted by atomic mass is 35.5. The Morgan fingerprint density at radius 3 is 2.52 bits per heavy atom. The summed E-state index contributed by atoms with van der Waals surface area (Å²) in [5.74, 6) is 0.0411. The number of halogens is 4. The normalized spacial score (nSPS) is 15.7. The standard InChI is InChI=1S/C18H21ClF3N3OS/c1-17(2,18(20,21)22)9-13(26)23-16-14(10-5-4-6-10)15(24-25(16)3)11-7-8-12(19)27-11/h7-8,10H,4-6,9H2,1-3H3,(H,23,26). The molecule has 0 radical (unpaired) electrons. The van der Waals surface area contributed by atoms with E-state index in [9.17, 15) is 18.0 Å². The molecular weight excluding hydrogens is 399 g/mol. The lowest BCUT2D eigenvalue weighted by Gasteiger charge is -2.28. The fourth-order valence-electron chi connectivity index (χ4n) is 3.07. The van der Waals surface area contributed by atoms with Crippen molar-refractivity contribution in [1.29, 1.82) is 0 Å². The van der Waals surface area contributed by atoms with Gasteiger partial charge in [-0.2, -0.15) is 18.3 Å². The van der Waals surface area contributed by atoms with Gasteiger partial charge in [-0.15, -0.1) is 11.3 Å². The van der Waals surface area contributed by atoms with Crippen molar-refractivity contribution in [2.24, 2.45) is 12.5 Å². The highest BCUT2D eigenvalue weighted by Crippen LogP contribution is 2.46. The minimum atomic E-state index is -4.45. The molecule has 2 heterocycles. The second-order valence-electron chi connectivity index (χ2n) is 7.57. The number of carbonyl (C=O) groups is 1. The van der Waals surface area contributed by atoms with E-state index in [0.29, 0.717) is 10.2 Å². The van der Waals surface area contributed by atoms with Gasteiger partial charge in [-0.25, -0.2) is 0 Å². The Morgan fingerprint density at radius 1 is 1.37 bits per heavy atom. The Kier molecular flexibility index (Phi) is 5.33. The van der Waals surface area contributed by atoms with Gasteiger partial charge in [0.1, 0.15) is 11.5 Å². The highest BCUT2D eigenvalue weighted by molar-refractivity contribution is 7.19. The Bertz CT molecular complexity index is 853. The molecule has 27 heavy (non-hydrogen) atoms. The lowest BCUT2D eigenvalue weighted by Crippen LogP contribution is -2.36. The summed E-state index contributed by atoms with van der Waals surface area (Å²) in [5, 5.41) is 7.21. The molecule has 1 saturated carbocycles. The predicted octanol–water partition coefficient (Wildman–Crippen LogP) is 5.99. The number of anilines is 1. The second-order valence-corrected chi connectivity index (χ2v) is 9.29. The Morgan fingerprint density at radius 2 is 2.04 bits per heavy atom. The van der Waals surface area contributed by atoms with E-state index in [4.69, 9.17) is 11.6 Å². The fraction of sp³-hybridized carbons (Fsp3) is 0.556. The van der Waals surface area contributed by atoms with Crippen LogP contribution in [0, 0.1) is 5.41 Å². The first-order chi connectivity index (χ1) is 12.5. The van der Waals surface area contributed by atoms with Crippen molar-refractivity contribution in [3.8, 4) is 10.6 Å². The van der Waals surface area contributed by atoms with Crippen LogP contribution < -0.4 is 5.32 Å². The smallest absolute Gasteiger partial charge is 0.311 e. The largest absolute Gasteiger partial charge is 0.394 e. The molecule has 1 fully saturated rings. The molecule has 1 N–H and O–H groups in total. The summed E-state index contributed by atoms with van der Waals surface area (Å²) in [4.78, 5) is 13.3. The number of hydrogen-bond donors (Lipinski definition) is 1. The van der Waals surface area contributed by atoms with Crippen LogP contribution in [0.4, 0.5) is 19.0 Å². The summed E-state index contributed by atoms with van der Waals surface area (Å²) >= 11 is 7.43. The third kappa shape index (κ3) is 4.01. The van der Waals surface area contributed by atoms with E-state index in [0.717, 1.165) is 49.2 Å². The SMILES string of the molecule is Cn1nc(-c2ccc(Cl)s2)c(C2CCC2)c1NC(=O)CC(C)(C)C(F)(F)F. The zero-order valence-corrected chi connectivity index (χ0v) is 16.9. The average Bonchev–Trinajstić information content (AvgIpc) is 3.02. The lowest BCUT2D eigenvalue weighted by molar-refractivity contribution is -0.213. The van der Waals surface area contributed by atoms with Crippen molar-refractivity contribution < 1.29 is 18.0 Å². The first-order valence-electron chi connectivity index (χ1n) is 8.69. The van der Waals surface area contributed by atoms with Gasteiger partial charge in [-0.3, -0.25) is 9.48 Å². The van der Waals surface area contributed by atoms with Gasteiger partial charge in [0.15, 0.2) is 0 Å². The van der Waals surface area contributed by atoms with Gasteiger partial charge >= 0.3 is 6.18 Å². The van der Waals surface area contributed by atoms with Crippen LogP contribution in [-0.2, 0) is 11.8 Å². The summed E-state index contributed by atoms with van der Waals surface area (Å²) in [5.41, 5.74) is -0.471. The number of rotatable bonds is 5. The molecule has 3 rings (SSSR count). The number of nitrogens with one attached hydrogen (secondary N) is 1. The predicted molar refractivity (Wildman–Crippen MR) is 101 cm³/mol. The number of nitrogens with zero attached hydrogens (tertiary/aromatic N) is 2. The van der Waals surface area contributed by atoms with Crippen LogP contribution in [0.25, 0.3) is 10.6 Å². The number of amides is 1. The number of aryl methyl sites for hydroxylation is 1. The van der Waals surface area contributed by atoms with E-state index >= 15 is 0 Å². The van der Waals surface area contributed by atoms with Gasteiger partial charge in [-0.05, 0) is 30.9 Å². The third-order valence-corrected chi connectivity index (χ3v) is 6.27. The molecule has 148 valence electrons. The van der Waals surface area contributed by atoms with Gasteiger partial charge in [0, 0.05) is 19.0 Å². The van der Waals surface area contributed by atoms with Crippen molar-refractivity contribution >= 4 is 34.7 Å². The molecule has 1 amide bonds. The maximum atomic E-state index is 13.1.